The Morgan fingerprint density at radius 3 is 2.53 bits per heavy atom. The fourth-order valence-electron chi connectivity index (χ4n) is 4.03. The third kappa shape index (κ3) is 3.85. The van der Waals surface area contributed by atoms with Crippen molar-refractivity contribution in [3.8, 4) is 22.5 Å². The minimum Gasteiger partial charge on any atom is -0.476 e. The Labute approximate surface area is 193 Å². The molecule has 0 amide bonds. The summed E-state index contributed by atoms with van der Waals surface area (Å²) in [6.07, 6.45) is 3.18. The number of aromatic nitrogens is 7. The van der Waals surface area contributed by atoms with Crippen molar-refractivity contribution in [1.82, 2.24) is 34.8 Å². The van der Waals surface area contributed by atoms with Gasteiger partial charge in [-0.05, 0) is 28.3 Å². The molecule has 0 aliphatic heterocycles. The lowest BCUT2D eigenvalue weighted by atomic mass is 9.98. The molecular weight excluding hydrogens is 434 g/mol. The summed E-state index contributed by atoms with van der Waals surface area (Å²) in [5, 5.41) is 27.7. The zero-order valence-corrected chi connectivity index (χ0v) is 18.3. The average Bonchev–Trinajstić information content (AvgIpc) is 3.54. The summed E-state index contributed by atoms with van der Waals surface area (Å²) in [4.78, 5) is 24.2. The third-order valence-corrected chi connectivity index (χ3v) is 5.63. The number of carbonyl (C=O) groups is 1. The summed E-state index contributed by atoms with van der Waals surface area (Å²) < 4.78 is 3.05. The maximum atomic E-state index is 12.8. The number of nitrogens with one attached hydrogen (secondary N) is 1. The molecule has 170 valence electrons. The molecule has 2 N–H and O–H groups in total. The standard InChI is InChI=1S/C24H21N7O3/c1-2-5-17-14-30(21-12-20(24(33)34)27-31(21)23(17)32)13-15-8-10-16(11-9-15)18-6-3-4-7-19(18)22-25-28-29-26-22/h3-4,6-12,14H,2,5,13H2,1H3,(H,33,34)(H,25,26,28,29). The van der Waals surface area contributed by atoms with Crippen molar-refractivity contribution in [2.24, 2.45) is 0 Å². The number of fused-ring (bicyclic) bond motifs is 1. The van der Waals surface area contributed by atoms with Gasteiger partial charge in [0.15, 0.2) is 5.69 Å². The molecule has 2 aromatic carbocycles. The second-order valence-corrected chi connectivity index (χ2v) is 7.92. The van der Waals surface area contributed by atoms with E-state index in [9.17, 15) is 14.7 Å². The lowest BCUT2D eigenvalue weighted by Gasteiger charge is -2.12. The van der Waals surface area contributed by atoms with Crippen LogP contribution in [-0.2, 0) is 13.0 Å². The van der Waals surface area contributed by atoms with E-state index < -0.39 is 5.97 Å². The van der Waals surface area contributed by atoms with E-state index in [1.807, 2.05) is 60.0 Å². The maximum Gasteiger partial charge on any atom is 0.356 e. The summed E-state index contributed by atoms with van der Waals surface area (Å²) in [6.45, 7) is 2.45. The van der Waals surface area contributed by atoms with Gasteiger partial charge >= 0.3 is 5.97 Å². The molecule has 0 saturated heterocycles. The van der Waals surface area contributed by atoms with Gasteiger partial charge in [0.2, 0.25) is 5.82 Å². The molecule has 10 nitrogen and oxygen atoms in total. The molecule has 10 heteroatoms. The minimum absolute atomic E-state index is 0.159. The van der Waals surface area contributed by atoms with Crippen LogP contribution in [0, 0.1) is 0 Å². The van der Waals surface area contributed by atoms with Crippen molar-refractivity contribution in [1.29, 1.82) is 0 Å². The molecule has 5 aromatic rings. The molecule has 0 spiro atoms. The van der Waals surface area contributed by atoms with Crippen molar-refractivity contribution in [2.75, 3.05) is 0 Å². The van der Waals surface area contributed by atoms with E-state index in [-0.39, 0.29) is 11.3 Å². The van der Waals surface area contributed by atoms with Crippen molar-refractivity contribution < 1.29 is 9.90 Å². The second kappa shape index (κ2) is 8.74. The number of carboxylic acids is 1. The highest BCUT2D eigenvalue weighted by atomic mass is 16.4. The molecule has 34 heavy (non-hydrogen) atoms. The van der Waals surface area contributed by atoms with Crippen molar-refractivity contribution >= 4 is 11.6 Å². The average molecular weight is 455 g/mol. The lowest BCUT2D eigenvalue weighted by molar-refractivity contribution is 0.0690. The zero-order valence-electron chi connectivity index (χ0n) is 18.3. The number of tetrazole rings is 1. The molecule has 0 saturated carbocycles. The number of hydrogen-bond donors (Lipinski definition) is 2. The number of benzene rings is 2. The molecule has 0 unspecified atom stereocenters. The topological polar surface area (TPSA) is 131 Å². The molecule has 0 radical (unpaired) electrons. The number of carboxylic acid groups (broad SMARTS) is 1. The first kappa shape index (κ1) is 21.3. The van der Waals surface area contributed by atoms with Crippen LogP contribution in [0.15, 0.2) is 65.6 Å². The molecule has 0 bridgehead atoms. The van der Waals surface area contributed by atoms with Gasteiger partial charge in [-0.15, -0.1) is 10.2 Å². The highest BCUT2D eigenvalue weighted by molar-refractivity contribution is 5.86. The summed E-state index contributed by atoms with van der Waals surface area (Å²) in [7, 11) is 0. The van der Waals surface area contributed by atoms with E-state index in [1.54, 1.807) is 6.20 Å². The third-order valence-electron chi connectivity index (χ3n) is 5.63. The van der Waals surface area contributed by atoms with Gasteiger partial charge in [0.05, 0.1) is 0 Å². The van der Waals surface area contributed by atoms with Crippen molar-refractivity contribution in [3.05, 3.63) is 88.0 Å². The van der Waals surface area contributed by atoms with E-state index in [0.29, 0.717) is 30.0 Å². The van der Waals surface area contributed by atoms with E-state index in [0.717, 1.165) is 28.7 Å². The second-order valence-electron chi connectivity index (χ2n) is 7.92. The Morgan fingerprint density at radius 1 is 1.09 bits per heavy atom. The number of nitrogens with zero attached hydrogens (tertiary/aromatic N) is 6. The van der Waals surface area contributed by atoms with Crippen LogP contribution in [0.2, 0.25) is 0 Å². The van der Waals surface area contributed by atoms with Gasteiger partial charge < -0.3 is 9.67 Å². The molecule has 0 aliphatic rings. The number of rotatable bonds is 7. The SMILES string of the molecule is CCCc1cn(Cc2ccc(-c3ccccc3-c3nn[nH]n3)cc2)c2cc(C(=O)O)nn2c1=O. The van der Waals surface area contributed by atoms with E-state index in [2.05, 4.69) is 25.7 Å². The fraction of sp³-hybridized carbons (Fsp3) is 0.167. The van der Waals surface area contributed by atoms with Crippen LogP contribution in [0.3, 0.4) is 0 Å². The Morgan fingerprint density at radius 2 is 1.85 bits per heavy atom. The Balaban J connectivity index is 1.52. The number of hydrogen-bond acceptors (Lipinski definition) is 6. The van der Waals surface area contributed by atoms with E-state index >= 15 is 0 Å². The number of aryl methyl sites for hydroxylation is 1. The zero-order chi connectivity index (χ0) is 23.7. The number of aromatic amines is 1. The van der Waals surface area contributed by atoms with Gasteiger partial charge in [-0.2, -0.15) is 14.8 Å². The van der Waals surface area contributed by atoms with Crippen molar-refractivity contribution in [3.63, 3.8) is 0 Å². The monoisotopic (exact) mass is 455 g/mol. The predicted octanol–water partition coefficient (Wildman–Crippen LogP) is 3.04. The Kier molecular flexibility index (Phi) is 5.46. The highest BCUT2D eigenvalue weighted by Gasteiger charge is 2.16. The molecule has 0 atom stereocenters. The van der Waals surface area contributed by atoms with Gasteiger partial charge in [0.1, 0.15) is 5.65 Å². The van der Waals surface area contributed by atoms with E-state index in [4.69, 9.17) is 0 Å². The first-order valence-corrected chi connectivity index (χ1v) is 10.8. The summed E-state index contributed by atoms with van der Waals surface area (Å²) >= 11 is 0. The lowest BCUT2D eigenvalue weighted by Crippen LogP contribution is -2.23. The minimum atomic E-state index is -1.17. The van der Waals surface area contributed by atoms with Crippen LogP contribution in [0.4, 0.5) is 0 Å². The maximum absolute atomic E-state index is 12.8. The van der Waals surface area contributed by atoms with Crippen LogP contribution in [0.25, 0.3) is 28.2 Å². The molecule has 0 aliphatic carbocycles. The van der Waals surface area contributed by atoms with Gasteiger partial charge in [-0.25, -0.2) is 4.79 Å². The largest absolute Gasteiger partial charge is 0.476 e. The summed E-state index contributed by atoms with van der Waals surface area (Å²) in [5.41, 5.74) is 4.44. The number of H-pyrrole nitrogens is 1. The van der Waals surface area contributed by atoms with Crippen molar-refractivity contribution in [2.45, 2.75) is 26.3 Å². The fourth-order valence-corrected chi connectivity index (χ4v) is 4.03. The Bertz CT molecular complexity index is 1530. The normalized spacial score (nSPS) is 11.2. The van der Waals surface area contributed by atoms with Gasteiger partial charge in [0.25, 0.3) is 5.56 Å². The Hall–Kier alpha value is -4.60. The van der Waals surface area contributed by atoms with E-state index in [1.165, 1.54) is 10.6 Å². The highest BCUT2D eigenvalue weighted by Crippen LogP contribution is 2.29. The first-order valence-electron chi connectivity index (χ1n) is 10.8. The molecule has 0 fully saturated rings. The molecular formula is C24H21N7O3. The van der Waals surface area contributed by atoms with Crippen LogP contribution in [0.1, 0.15) is 35.0 Å². The van der Waals surface area contributed by atoms with Crippen LogP contribution >= 0.6 is 0 Å². The molecule has 3 aromatic heterocycles. The van der Waals surface area contributed by atoms with Crippen LogP contribution < -0.4 is 5.56 Å². The smallest absolute Gasteiger partial charge is 0.356 e. The molecule has 5 rings (SSSR count). The quantitative estimate of drug-likeness (QED) is 0.386. The summed E-state index contributed by atoms with van der Waals surface area (Å²) in [6, 6.07) is 17.3. The predicted molar refractivity (Wildman–Crippen MR) is 125 cm³/mol. The van der Waals surface area contributed by atoms with Crippen LogP contribution in [0.5, 0.6) is 0 Å². The molecule has 3 heterocycles. The number of aromatic carboxylic acids is 1. The first-order chi connectivity index (χ1) is 16.5. The van der Waals surface area contributed by atoms with Crippen LogP contribution in [-0.4, -0.2) is 45.9 Å². The van der Waals surface area contributed by atoms with Gasteiger partial charge in [-0.3, -0.25) is 4.79 Å². The summed E-state index contributed by atoms with van der Waals surface area (Å²) in [5.74, 6) is -0.648. The van der Waals surface area contributed by atoms with Gasteiger partial charge in [-0.1, -0.05) is 61.9 Å². The van der Waals surface area contributed by atoms with Gasteiger partial charge in [0, 0.05) is 29.9 Å².